The van der Waals surface area contributed by atoms with Crippen molar-refractivity contribution >= 4 is 11.7 Å². The summed E-state index contributed by atoms with van der Waals surface area (Å²) in [6.45, 7) is 3.18. The number of amides is 1. The van der Waals surface area contributed by atoms with E-state index in [1.807, 2.05) is 61.5 Å². The van der Waals surface area contributed by atoms with Crippen molar-refractivity contribution in [2.45, 2.75) is 13.0 Å². The molecule has 150 valence electrons. The van der Waals surface area contributed by atoms with E-state index in [0.717, 1.165) is 28.3 Å². The van der Waals surface area contributed by atoms with E-state index in [-0.39, 0.29) is 12.5 Å². The molecule has 0 unspecified atom stereocenters. The zero-order valence-corrected chi connectivity index (χ0v) is 16.4. The van der Waals surface area contributed by atoms with Gasteiger partial charge in [0.1, 0.15) is 11.6 Å². The molecule has 1 aromatic heterocycles. The molecule has 2 heterocycles. The van der Waals surface area contributed by atoms with Crippen LogP contribution in [0.2, 0.25) is 0 Å². The molecule has 7 heteroatoms. The highest BCUT2D eigenvalue weighted by Crippen LogP contribution is 2.27. The van der Waals surface area contributed by atoms with Crippen molar-refractivity contribution in [3.63, 3.8) is 0 Å². The number of hydrogen-bond donors (Lipinski definition) is 1. The van der Waals surface area contributed by atoms with E-state index in [4.69, 9.17) is 19.3 Å². The summed E-state index contributed by atoms with van der Waals surface area (Å²) in [5.41, 5.74) is 3.61. The van der Waals surface area contributed by atoms with Crippen LogP contribution >= 0.6 is 0 Å². The number of nitrogens with one attached hydrogen (secondary N) is 1. The molecule has 0 bridgehead atoms. The molecule has 1 aliphatic rings. The van der Waals surface area contributed by atoms with E-state index in [1.54, 1.807) is 11.8 Å². The molecule has 4 rings (SSSR count). The Morgan fingerprint density at radius 3 is 2.72 bits per heavy atom. The van der Waals surface area contributed by atoms with Gasteiger partial charge in [0, 0.05) is 11.6 Å². The fourth-order valence-corrected chi connectivity index (χ4v) is 3.12. The van der Waals surface area contributed by atoms with E-state index in [9.17, 15) is 4.79 Å². The van der Waals surface area contributed by atoms with Crippen molar-refractivity contribution in [2.75, 3.05) is 32.2 Å². The number of aryl methyl sites for hydroxylation is 1. The van der Waals surface area contributed by atoms with Gasteiger partial charge >= 0.3 is 0 Å². The highest BCUT2D eigenvalue weighted by Gasteiger charge is 2.24. The quantitative estimate of drug-likeness (QED) is 0.721. The smallest absolute Gasteiger partial charge is 0.257 e. The number of rotatable bonds is 5. The lowest BCUT2D eigenvalue weighted by Gasteiger charge is -2.22. The minimum atomic E-state index is -0.634. The van der Waals surface area contributed by atoms with Crippen LogP contribution < -0.4 is 10.1 Å². The summed E-state index contributed by atoms with van der Waals surface area (Å²) in [5, 5.41) is 7.67. The van der Waals surface area contributed by atoms with E-state index < -0.39 is 6.10 Å². The van der Waals surface area contributed by atoms with Gasteiger partial charge in [-0.25, -0.2) is 4.68 Å². The minimum Gasteiger partial charge on any atom is -0.497 e. The fourth-order valence-electron chi connectivity index (χ4n) is 3.12. The maximum absolute atomic E-state index is 12.7. The zero-order chi connectivity index (χ0) is 20.2. The summed E-state index contributed by atoms with van der Waals surface area (Å²) in [4.78, 5) is 12.7. The van der Waals surface area contributed by atoms with E-state index in [2.05, 4.69) is 5.32 Å². The number of anilines is 1. The Balaban J connectivity index is 1.70. The van der Waals surface area contributed by atoms with Crippen molar-refractivity contribution in [2.24, 2.45) is 0 Å². The minimum absolute atomic E-state index is 0.243. The number of nitrogens with zero attached hydrogens (tertiary/aromatic N) is 2. The van der Waals surface area contributed by atoms with Gasteiger partial charge in [-0.2, -0.15) is 5.10 Å². The Hall–Kier alpha value is -3.16. The van der Waals surface area contributed by atoms with Crippen molar-refractivity contribution < 1.29 is 19.0 Å². The van der Waals surface area contributed by atoms with Crippen LogP contribution in [0, 0.1) is 6.92 Å². The number of ether oxygens (including phenoxy) is 3. The first kappa shape index (κ1) is 19.2. The topological polar surface area (TPSA) is 74.6 Å². The molecule has 0 saturated carbocycles. The van der Waals surface area contributed by atoms with Gasteiger partial charge in [-0.3, -0.25) is 4.79 Å². The maximum atomic E-state index is 12.7. The maximum Gasteiger partial charge on any atom is 0.257 e. The number of carbonyl (C=O) groups is 1. The molecule has 0 aliphatic carbocycles. The van der Waals surface area contributed by atoms with E-state index >= 15 is 0 Å². The molecule has 1 aliphatic heterocycles. The highest BCUT2D eigenvalue weighted by atomic mass is 16.6. The van der Waals surface area contributed by atoms with Crippen LogP contribution in [0.3, 0.4) is 0 Å². The molecule has 29 heavy (non-hydrogen) atoms. The van der Waals surface area contributed by atoms with Crippen molar-refractivity contribution in [1.29, 1.82) is 0 Å². The summed E-state index contributed by atoms with van der Waals surface area (Å²) in [7, 11) is 1.63. The largest absolute Gasteiger partial charge is 0.497 e. The lowest BCUT2D eigenvalue weighted by atomic mass is 10.1. The molecule has 3 aromatic rings. The van der Waals surface area contributed by atoms with Gasteiger partial charge in [0.05, 0.1) is 38.3 Å². The average molecular weight is 393 g/mol. The molecular formula is C22H23N3O4. The van der Waals surface area contributed by atoms with Gasteiger partial charge in [0.15, 0.2) is 6.10 Å². The highest BCUT2D eigenvalue weighted by molar-refractivity contribution is 5.94. The molecule has 1 fully saturated rings. The lowest BCUT2D eigenvalue weighted by Crippen LogP contribution is -2.39. The summed E-state index contributed by atoms with van der Waals surface area (Å²) in [6.07, 6.45) is -0.634. The first-order valence-corrected chi connectivity index (χ1v) is 9.46. The zero-order valence-electron chi connectivity index (χ0n) is 16.4. The monoisotopic (exact) mass is 393 g/mol. The Labute approximate surface area is 169 Å². The Morgan fingerprint density at radius 2 is 2.00 bits per heavy atom. The summed E-state index contributed by atoms with van der Waals surface area (Å²) >= 11 is 0. The SMILES string of the molecule is COc1cccc(-c2cc(NC(=O)[C@H]3COCCO3)n(-c3ccc(C)cc3)n2)c1. The van der Waals surface area contributed by atoms with Gasteiger partial charge in [-0.1, -0.05) is 29.8 Å². The summed E-state index contributed by atoms with van der Waals surface area (Å²) < 4.78 is 17.9. The molecular weight excluding hydrogens is 370 g/mol. The first-order valence-electron chi connectivity index (χ1n) is 9.46. The molecule has 7 nitrogen and oxygen atoms in total. The van der Waals surface area contributed by atoms with Gasteiger partial charge in [0.25, 0.3) is 5.91 Å². The molecule has 1 amide bonds. The second kappa shape index (κ2) is 8.46. The average Bonchev–Trinajstić information content (AvgIpc) is 3.18. The van der Waals surface area contributed by atoms with Crippen molar-refractivity contribution in [3.8, 4) is 22.7 Å². The number of carbonyl (C=O) groups excluding carboxylic acids is 1. The third-order valence-corrected chi connectivity index (χ3v) is 4.71. The second-order valence-electron chi connectivity index (χ2n) is 6.82. The predicted octanol–water partition coefficient (Wildman–Crippen LogP) is 3.21. The first-order chi connectivity index (χ1) is 14.1. The number of methoxy groups -OCH3 is 1. The third kappa shape index (κ3) is 4.31. The van der Waals surface area contributed by atoms with Gasteiger partial charge in [-0.05, 0) is 31.2 Å². The number of benzene rings is 2. The van der Waals surface area contributed by atoms with Crippen LogP contribution in [0.1, 0.15) is 5.56 Å². The molecule has 0 radical (unpaired) electrons. The normalized spacial score (nSPS) is 16.4. The van der Waals surface area contributed by atoms with Crippen LogP contribution in [0.4, 0.5) is 5.82 Å². The van der Waals surface area contributed by atoms with Crippen LogP contribution in [-0.4, -0.2) is 48.7 Å². The molecule has 1 N–H and O–H groups in total. The van der Waals surface area contributed by atoms with Crippen LogP contribution in [0.15, 0.2) is 54.6 Å². The summed E-state index contributed by atoms with van der Waals surface area (Å²) in [5.74, 6) is 1.05. The van der Waals surface area contributed by atoms with Gasteiger partial charge < -0.3 is 19.5 Å². The van der Waals surface area contributed by atoms with Crippen LogP contribution in [0.5, 0.6) is 5.75 Å². The molecule has 2 aromatic carbocycles. The van der Waals surface area contributed by atoms with Crippen LogP contribution in [-0.2, 0) is 14.3 Å². The Bertz CT molecular complexity index is 992. The standard InChI is InChI=1S/C22H23N3O4/c1-15-6-8-17(9-7-15)25-21(23-22(26)20-14-28-10-11-29-20)13-19(24-25)16-4-3-5-18(12-16)27-2/h3-9,12-13,20H,10-11,14H2,1-2H3,(H,23,26)/t20-/m1/s1. The van der Waals surface area contributed by atoms with E-state index in [1.165, 1.54) is 0 Å². The predicted molar refractivity (Wildman–Crippen MR) is 109 cm³/mol. The molecule has 1 saturated heterocycles. The Morgan fingerprint density at radius 1 is 1.17 bits per heavy atom. The molecule has 0 spiro atoms. The number of aromatic nitrogens is 2. The van der Waals surface area contributed by atoms with Crippen molar-refractivity contribution in [1.82, 2.24) is 9.78 Å². The van der Waals surface area contributed by atoms with E-state index in [0.29, 0.717) is 19.0 Å². The van der Waals surface area contributed by atoms with Crippen LogP contribution in [0.25, 0.3) is 16.9 Å². The lowest BCUT2D eigenvalue weighted by molar-refractivity contribution is -0.142. The molecule has 1 atom stereocenters. The van der Waals surface area contributed by atoms with Gasteiger partial charge in [0.2, 0.25) is 0 Å². The second-order valence-corrected chi connectivity index (χ2v) is 6.82. The fraction of sp³-hybridized carbons (Fsp3) is 0.273. The Kier molecular flexibility index (Phi) is 5.59. The number of hydrogen-bond acceptors (Lipinski definition) is 5. The third-order valence-electron chi connectivity index (χ3n) is 4.71. The van der Waals surface area contributed by atoms with Crippen molar-refractivity contribution in [3.05, 3.63) is 60.2 Å². The summed E-state index contributed by atoms with van der Waals surface area (Å²) in [6, 6.07) is 17.4. The van der Waals surface area contributed by atoms with Gasteiger partial charge in [-0.15, -0.1) is 0 Å².